The predicted octanol–water partition coefficient (Wildman–Crippen LogP) is 3.87. The minimum Gasteiger partial charge on any atom is -0.350 e. The second kappa shape index (κ2) is 6.99. The minimum atomic E-state index is 0.478. The summed E-state index contributed by atoms with van der Waals surface area (Å²) >= 11 is 0. The third kappa shape index (κ3) is 3.33. The molecule has 0 radical (unpaired) electrons. The summed E-state index contributed by atoms with van der Waals surface area (Å²) in [6.45, 7) is 8.31. The largest absolute Gasteiger partial charge is 0.350 e. The number of hydrogen-bond acceptors (Lipinski definition) is 6. The van der Waals surface area contributed by atoms with Gasteiger partial charge in [0.05, 0.1) is 11.7 Å². The lowest BCUT2D eigenvalue weighted by Crippen LogP contribution is -2.65. The summed E-state index contributed by atoms with van der Waals surface area (Å²) in [7, 11) is 0. The van der Waals surface area contributed by atoms with E-state index >= 15 is 0 Å². The molecule has 7 nitrogen and oxygen atoms in total. The fourth-order valence-electron chi connectivity index (χ4n) is 5.40. The summed E-state index contributed by atoms with van der Waals surface area (Å²) in [5.74, 6) is 1.45. The Bertz CT molecular complexity index is 1250. The molecule has 0 amide bonds. The average Bonchev–Trinajstić information content (AvgIpc) is 3.13. The van der Waals surface area contributed by atoms with Crippen LogP contribution in [0.15, 0.2) is 49.1 Å². The third-order valence-electron chi connectivity index (χ3n) is 6.61. The predicted molar refractivity (Wildman–Crippen MR) is 122 cm³/mol. The fourth-order valence-corrected chi connectivity index (χ4v) is 5.40. The molecule has 1 N–H and O–H groups in total. The van der Waals surface area contributed by atoms with Gasteiger partial charge in [-0.1, -0.05) is 13.8 Å². The number of hydrogen-bond donors (Lipinski definition) is 1. The molecule has 7 heteroatoms. The summed E-state index contributed by atoms with van der Waals surface area (Å²) in [4.78, 5) is 16.0. The van der Waals surface area contributed by atoms with Gasteiger partial charge >= 0.3 is 0 Å². The van der Waals surface area contributed by atoms with E-state index in [1.807, 2.05) is 35.2 Å². The van der Waals surface area contributed by atoms with E-state index in [2.05, 4.69) is 51.1 Å². The molecule has 1 aliphatic heterocycles. The highest BCUT2D eigenvalue weighted by atomic mass is 15.3. The van der Waals surface area contributed by atoms with Crippen molar-refractivity contribution in [3.63, 3.8) is 0 Å². The molecule has 6 rings (SSSR count). The van der Waals surface area contributed by atoms with Crippen LogP contribution in [0.1, 0.15) is 26.7 Å². The lowest BCUT2D eigenvalue weighted by molar-refractivity contribution is -0.0711. The number of aromatic nitrogens is 5. The van der Waals surface area contributed by atoms with Crippen molar-refractivity contribution < 1.29 is 0 Å². The zero-order chi connectivity index (χ0) is 21.0. The maximum Gasteiger partial charge on any atom is 0.241 e. The van der Waals surface area contributed by atoms with Crippen molar-refractivity contribution in [3.8, 4) is 11.1 Å². The van der Waals surface area contributed by atoms with Crippen molar-refractivity contribution in [1.82, 2.24) is 29.5 Å². The number of nitrogens with zero attached hydrogens (tertiary/aromatic N) is 6. The molecular weight excluding hydrogens is 386 g/mol. The Labute approximate surface area is 181 Å². The topological polar surface area (TPSA) is 71.2 Å². The summed E-state index contributed by atoms with van der Waals surface area (Å²) in [6.07, 6.45) is 9.96. The Balaban J connectivity index is 1.15. The van der Waals surface area contributed by atoms with Crippen LogP contribution in [-0.4, -0.2) is 55.1 Å². The van der Waals surface area contributed by atoms with Crippen molar-refractivity contribution in [2.75, 3.05) is 25.0 Å². The van der Waals surface area contributed by atoms with Gasteiger partial charge in [0.15, 0.2) is 5.65 Å². The van der Waals surface area contributed by atoms with Crippen molar-refractivity contribution in [1.29, 1.82) is 0 Å². The van der Waals surface area contributed by atoms with Gasteiger partial charge in [-0.3, -0.25) is 0 Å². The van der Waals surface area contributed by atoms with Crippen LogP contribution in [-0.2, 0) is 0 Å². The molecule has 0 aromatic carbocycles. The number of fused-ring (bicyclic) bond motifs is 2. The molecule has 158 valence electrons. The molecule has 2 aliphatic rings. The van der Waals surface area contributed by atoms with Crippen molar-refractivity contribution >= 4 is 22.5 Å². The molecule has 1 saturated carbocycles. The van der Waals surface area contributed by atoms with Crippen molar-refractivity contribution in [2.45, 2.75) is 32.7 Å². The van der Waals surface area contributed by atoms with E-state index in [1.165, 1.54) is 32.5 Å². The standard InChI is InChI=1S/C24H27N7/c1-16(2)13-30-14-24(15-30)9-19(10-24)28-23-27-12-21-20(5-7-31(21)29-23)18-8-17-4-3-6-25-22(17)26-11-18/h3-8,11-12,16,19H,9-10,13-15H2,1-2H3,(H,28,29). The van der Waals surface area contributed by atoms with Gasteiger partial charge in [-0.25, -0.2) is 19.5 Å². The van der Waals surface area contributed by atoms with Gasteiger partial charge in [0.25, 0.3) is 0 Å². The SMILES string of the molecule is CC(C)CN1CC2(CC(Nc3ncc4c(-c5cnc6ncccc6c5)ccn4n3)C2)C1. The maximum atomic E-state index is 4.70. The Hall–Kier alpha value is -3.06. The minimum absolute atomic E-state index is 0.478. The van der Waals surface area contributed by atoms with Crippen molar-refractivity contribution in [2.24, 2.45) is 11.3 Å². The van der Waals surface area contributed by atoms with E-state index in [4.69, 9.17) is 5.10 Å². The Kier molecular flexibility index (Phi) is 4.21. The number of anilines is 1. The number of likely N-dealkylation sites (tertiary alicyclic amines) is 1. The van der Waals surface area contributed by atoms with Crippen molar-refractivity contribution in [3.05, 3.63) is 49.1 Å². The first-order valence-electron chi connectivity index (χ1n) is 11.1. The Morgan fingerprint density at radius 1 is 1.13 bits per heavy atom. The lowest BCUT2D eigenvalue weighted by Gasteiger charge is -2.59. The summed E-state index contributed by atoms with van der Waals surface area (Å²) in [6, 6.07) is 8.63. The Morgan fingerprint density at radius 2 is 2.00 bits per heavy atom. The Morgan fingerprint density at radius 3 is 2.84 bits per heavy atom. The molecular formula is C24H27N7. The molecule has 0 unspecified atom stereocenters. The van der Waals surface area contributed by atoms with E-state index in [9.17, 15) is 0 Å². The van der Waals surface area contributed by atoms with E-state index in [1.54, 1.807) is 6.20 Å². The van der Waals surface area contributed by atoms with Gasteiger partial charge in [-0.15, -0.1) is 5.10 Å². The second-order valence-corrected chi connectivity index (χ2v) is 9.73. The quantitative estimate of drug-likeness (QED) is 0.536. The first-order chi connectivity index (χ1) is 15.1. The molecule has 31 heavy (non-hydrogen) atoms. The molecule has 5 heterocycles. The summed E-state index contributed by atoms with van der Waals surface area (Å²) < 4.78 is 1.90. The van der Waals surface area contributed by atoms with E-state index < -0.39 is 0 Å². The zero-order valence-electron chi connectivity index (χ0n) is 18.0. The van der Waals surface area contributed by atoms with Crippen LogP contribution < -0.4 is 5.32 Å². The second-order valence-electron chi connectivity index (χ2n) is 9.73. The van der Waals surface area contributed by atoms with Crippen LogP contribution >= 0.6 is 0 Å². The molecule has 1 saturated heterocycles. The smallest absolute Gasteiger partial charge is 0.241 e. The molecule has 4 aromatic rings. The monoisotopic (exact) mass is 413 g/mol. The highest BCUT2D eigenvalue weighted by Crippen LogP contribution is 2.49. The van der Waals surface area contributed by atoms with Gasteiger partial charge < -0.3 is 10.2 Å². The summed E-state index contributed by atoms with van der Waals surface area (Å²) in [5, 5.41) is 9.27. The zero-order valence-corrected chi connectivity index (χ0v) is 18.0. The number of pyridine rings is 2. The van der Waals surface area contributed by atoms with Gasteiger partial charge in [0.1, 0.15) is 0 Å². The molecule has 1 spiro atoms. The number of nitrogens with one attached hydrogen (secondary N) is 1. The molecule has 0 bridgehead atoms. The molecule has 0 atom stereocenters. The van der Waals surface area contributed by atoms with Crippen LogP contribution in [0.5, 0.6) is 0 Å². The lowest BCUT2D eigenvalue weighted by atomic mass is 9.60. The molecule has 1 aliphatic carbocycles. The normalized spacial score (nSPS) is 18.5. The summed E-state index contributed by atoms with van der Waals surface area (Å²) in [5.41, 5.74) is 4.39. The third-order valence-corrected chi connectivity index (χ3v) is 6.61. The van der Waals surface area contributed by atoms with Gasteiger partial charge in [0, 0.05) is 60.8 Å². The van der Waals surface area contributed by atoms with Gasteiger partial charge in [-0.05, 0) is 48.4 Å². The van der Waals surface area contributed by atoms with Gasteiger partial charge in [0.2, 0.25) is 5.95 Å². The first kappa shape index (κ1) is 18.7. The fraction of sp³-hybridized carbons (Fsp3) is 0.417. The number of rotatable bonds is 5. The van der Waals surface area contributed by atoms with E-state index in [0.29, 0.717) is 17.4 Å². The van der Waals surface area contributed by atoms with Crippen LogP contribution in [0.25, 0.3) is 27.7 Å². The maximum absolute atomic E-state index is 4.70. The molecule has 4 aromatic heterocycles. The van der Waals surface area contributed by atoms with Crippen LogP contribution in [0, 0.1) is 11.3 Å². The average molecular weight is 414 g/mol. The first-order valence-corrected chi connectivity index (χ1v) is 11.1. The van der Waals surface area contributed by atoms with E-state index in [-0.39, 0.29) is 0 Å². The highest BCUT2D eigenvalue weighted by molar-refractivity contribution is 5.86. The highest BCUT2D eigenvalue weighted by Gasteiger charge is 2.52. The van der Waals surface area contributed by atoms with E-state index in [0.717, 1.165) is 33.6 Å². The molecule has 2 fully saturated rings. The van der Waals surface area contributed by atoms with Crippen LogP contribution in [0.3, 0.4) is 0 Å². The van der Waals surface area contributed by atoms with Crippen LogP contribution in [0.2, 0.25) is 0 Å². The van der Waals surface area contributed by atoms with Crippen LogP contribution in [0.4, 0.5) is 5.95 Å². The van der Waals surface area contributed by atoms with Gasteiger partial charge in [-0.2, -0.15) is 0 Å².